The summed E-state index contributed by atoms with van der Waals surface area (Å²) in [5.74, 6) is 0.720. The van der Waals surface area contributed by atoms with Crippen LogP contribution in [-0.2, 0) is 0 Å². The number of benzene rings is 2. The van der Waals surface area contributed by atoms with Gasteiger partial charge in [-0.15, -0.1) is 0 Å². The van der Waals surface area contributed by atoms with Crippen molar-refractivity contribution in [3.63, 3.8) is 0 Å². The Labute approximate surface area is 123 Å². The van der Waals surface area contributed by atoms with Gasteiger partial charge in [-0.1, -0.05) is 43.3 Å². The zero-order valence-electron chi connectivity index (χ0n) is 11.5. The van der Waals surface area contributed by atoms with E-state index in [1.54, 1.807) is 16.2 Å². The highest BCUT2D eigenvalue weighted by Gasteiger charge is 2.43. The Kier molecular flexibility index (Phi) is 4.33. The molecule has 1 heterocycles. The van der Waals surface area contributed by atoms with Gasteiger partial charge < -0.3 is 12.4 Å². The molecule has 0 radical (unpaired) electrons. The van der Waals surface area contributed by atoms with Gasteiger partial charge in [0.1, 0.15) is 5.30 Å². The molecule has 0 amide bonds. The van der Waals surface area contributed by atoms with E-state index in [9.17, 15) is 0 Å². The lowest BCUT2D eigenvalue weighted by Gasteiger charge is -2.32. The van der Waals surface area contributed by atoms with E-state index in [0.29, 0.717) is 0 Å². The quantitative estimate of drug-likeness (QED) is 0.682. The minimum Gasteiger partial charge on any atom is -1.00 e. The summed E-state index contributed by atoms with van der Waals surface area (Å²) in [7, 11) is -1.14. The van der Waals surface area contributed by atoms with Crippen molar-refractivity contribution >= 4 is 17.9 Å². The molecule has 0 aliphatic carbocycles. The Bertz CT molecular complexity index is 552. The number of halogens is 1. The molecule has 0 spiro atoms. The highest BCUT2D eigenvalue weighted by atomic mass is 35.5. The second-order valence-electron chi connectivity index (χ2n) is 5.50. The fraction of sp³-hybridized carbons (Fsp3) is 0.294. The molecule has 19 heavy (non-hydrogen) atoms. The fourth-order valence-corrected chi connectivity index (χ4v) is 6.90. The molecule has 0 saturated heterocycles. The molecule has 1 aliphatic heterocycles. The van der Waals surface area contributed by atoms with Gasteiger partial charge in [0.25, 0.3) is 0 Å². The first-order chi connectivity index (χ1) is 8.72. The smallest absolute Gasteiger partial charge is 0.102 e. The topological polar surface area (TPSA) is 0 Å². The maximum absolute atomic E-state index is 2.51. The van der Waals surface area contributed by atoms with Gasteiger partial charge in [0.05, 0.1) is 25.4 Å². The predicted octanol–water partition coefficient (Wildman–Crippen LogP) is 0.796. The molecule has 100 valence electrons. The van der Waals surface area contributed by atoms with Gasteiger partial charge in [0.2, 0.25) is 0 Å². The van der Waals surface area contributed by atoms with Crippen LogP contribution in [-0.4, -0.2) is 12.8 Å². The molecule has 2 heteroatoms. The molecular formula is C17H20ClP. The van der Waals surface area contributed by atoms with Crippen molar-refractivity contribution in [3.05, 3.63) is 60.2 Å². The van der Waals surface area contributed by atoms with Crippen molar-refractivity contribution in [2.24, 2.45) is 0 Å². The van der Waals surface area contributed by atoms with Crippen LogP contribution in [0.1, 0.15) is 24.8 Å². The Hall–Kier alpha value is -0.840. The van der Waals surface area contributed by atoms with E-state index in [1.165, 1.54) is 12.6 Å². The zero-order chi connectivity index (χ0) is 12.6. The second kappa shape index (κ2) is 5.65. The molecule has 0 aromatic heterocycles. The molecule has 0 nitrogen and oxygen atoms in total. The standard InChI is InChI=1S/C17H20P.ClH/c1-14-12-13-18(2,15-8-4-3-5-9-15)17-11-7-6-10-16(14)17;/h3-11,14H,12-13H2,1-2H3;1H/q+1;/p-1. The number of fused-ring (bicyclic) bond motifs is 1. The summed E-state index contributed by atoms with van der Waals surface area (Å²) in [5.41, 5.74) is 1.59. The van der Waals surface area contributed by atoms with Crippen LogP contribution in [0.5, 0.6) is 0 Å². The fourth-order valence-electron chi connectivity index (χ4n) is 3.11. The molecule has 0 N–H and O–H groups in total. The SMILES string of the molecule is CC1CC[P+](C)(c2ccccc2)c2ccccc21.[Cl-]. The van der Waals surface area contributed by atoms with Gasteiger partial charge in [-0.05, 0) is 36.1 Å². The van der Waals surface area contributed by atoms with E-state index in [4.69, 9.17) is 0 Å². The summed E-state index contributed by atoms with van der Waals surface area (Å²) in [6.45, 7) is 4.88. The first-order valence-electron chi connectivity index (χ1n) is 6.72. The lowest BCUT2D eigenvalue weighted by atomic mass is 9.98. The van der Waals surface area contributed by atoms with E-state index < -0.39 is 7.26 Å². The van der Waals surface area contributed by atoms with E-state index in [2.05, 4.69) is 68.2 Å². The molecule has 2 aromatic rings. The Morgan fingerprint density at radius 1 is 0.947 bits per heavy atom. The first-order valence-corrected chi connectivity index (χ1v) is 9.14. The number of hydrogen-bond acceptors (Lipinski definition) is 0. The lowest BCUT2D eigenvalue weighted by Crippen LogP contribution is -3.00. The van der Waals surface area contributed by atoms with Crippen molar-refractivity contribution in [1.82, 2.24) is 0 Å². The van der Waals surface area contributed by atoms with E-state index in [0.717, 1.165) is 5.92 Å². The van der Waals surface area contributed by atoms with Crippen LogP contribution < -0.4 is 23.0 Å². The Morgan fingerprint density at radius 3 is 2.32 bits per heavy atom. The van der Waals surface area contributed by atoms with Crippen LogP contribution in [0, 0.1) is 0 Å². The predicted molar refractivity (Wildman–Crippen MR) is 82.9 cm³/mol. The third-order valence-corrected chi connectivity index (χ3v) is 8.40. The summed E-state index contributed by atoms with van der Waals surface area (Å²) in [5, 5.41) is 3.19. The molecule has 2 atom stereocenters. The summed E-state index contributed by atoms with van der Waals surface area (Å²) in [4.78, 5) is 0. The summed E-state index contributed by atoms with van der Waals surface area (Å²) >= 11 is 0. The summed E-state index contributed by atoms with van der Waals surface area (Å²) < 4.78 is 0. The first kappa shape index (κ1) is 14.6. The van der Waals surface area contributed by atoms with Gasteiger partial charge in [-0.2, -0.15) is 0 Å². The minimum atomic E-state index is -1.14. The van der Waals surface area contributed by atoms with Crippen molar-refractivity contribution in [2.45, 2.75) is 19.3 Å². The van der Waals surface area contributed by atoms with E-state index >= 15 is 0 Å². The molecule has 2 aromatic carbocycles. The molecule has 0 bridgehead atoms. The molecule has 0 saturated carbocycles. The van der Waals surface area contributed by atoms with E-state index in [-0.39, 0.29) is 12.4 Å². The normalized spacial score (nSPS) is 25.3. The summed E-state index contributed by atoms with van der Waals surface area (Å²) in [6.07, 6.45) is 2.69. The Balaban J connectivity index is 0.00000133. The van der Waals surface area contributed by atoms with E-state index in [1.807, 2.05) is 0 Å². The monoisotopic (exact) mass is 290 g/mol. The largest absolute Gasteiger partial charge is 1.00 e. The minimum absolute atomic E-state index is 0. The lowest BCUT2D eigenvalue weighted by molar-refractivity contribution is -0.00000367. The van der Waals surface area contributed by atoms with Crippen LogP contribution in [0.15, 0.2) is 54.6 Å². The van der Waals surface area contributed by atoms with Gasteiger partial charge in [0.15, 0.2) is 0 Å². The summed E-state index contributed by atoms with van der Waals surface area (Å²) in [6, 6.07) is 20.2. The second-order valence-corrected chi connectivity index (χ2v) is 9.33. The zero-order valence-corrected chi connectivity index (χ0v) is 13.2. The third kappa shape index (κ3) is 2.45. The average molecular weight is 291 g/mol. The molecular weight excluding hydrogens is 271 g/mol. The molecule has 2 unspecified atom stereocenters. The third-order valence-electron chi connectivity index (χ3n) is 4.33. The maximum atomic E-state index is 2.51. The van der Waals surface area contributed by atoms with Crippen LogP contribution in [0.25, 0.3) is 0 Å². The highest BCUT2D eigenvalue weighted by molar-refractivity contribution is 7.89. The van der Waals surface area contributed by atoms with Gasteiger partial charge in [-0.25, -0.2) is 0 Å². The van der Waals surface area contributed by atoms with Crippen molar-refractivity contribution < 1.29 is 12.4 Å². The molecule has 3 rings (SSSR count). The molecule has 0 fully saturated rings. The van der Waals surface area contributed by atoms with Crippen molar-refractivity contribution in [3.8, 4) is 0 Å². The van der Waals surface area contributed by atoms with Crippen LogP contribution in [0.3, 0.4) is 0 Å². The van der Waals surface area contributed by atoms with Crippen molar-refractivity contribution in [2.75, 3.05) is 12.8 Å². The van der Waals surface area contributed by atoms with Crippen molar-refractivity contribution in [1.29, 1.82) is 0 Å². The van der Waals surface area contributed by atoms with Crippen LogP contribution in [0.2, 0.25) is 0 Å². The average Bonchev–Trinajstić information content (AvgIpc) is 2.44. The highest BCUT2D eigenvalue weighted by Crippen LogP contribution is 2.58. The maximum Gasteiger partial charge on any atom is 0.102 e. The molecule has 1 aliphatic rings. The number of hydrogen-bond donors (Lipinski definition) is 0. The van der Waals surface area contributed by atoms with Gasteiger partial charge in [0, 0.05) is 0 Å². The number of rotatable bonds is 1. The Morgan fingerprint density at radius 2 is 1.58 bits per heavy atom. The van der Waals surface area contributed by atoms with Gasteiger partial charge >= 0.3 is 0 Å². The van der Waals surface area contributed by atoms with Crippen LogP contribution >= 0.6 is 7.26 Å². The van der Waals surface area contributed by atoms with Gasteiger partial charge in [-0.3, -0.25) is 0 Å². The van der Waals surface area contributed by atoms with Crippen LogP contribution in [0.4, 0.5) is 0 Å².